The number of nitro benzene ring substituents is 1. The van der Waals surface area contributed by atoms with E-state index in [1.165, 1.54) is 18.5 Å². The van der Waals surface area contributed by atoms with Crippen molar-refractivity contribution >= 4 is 33.7 Å². The number of hydrogen-bond acceptors (Lipinski definition) is 7. The molecule has 0 aliphatic carbocycles. The molecule has 0 unspecified atom stereocenters. The molecule has 0 fully saturated rings. The minimum Gasteiger partial charge on any atom is -0.369 e. The molecule has 2 heterocycles. The molecule has 0 aliphatic heterocycles. The summed E-state index contributed by atoms with van der Waals surface area (Å²) in [6, 6.07) is 4.55. The molecule has 0 spiro atoms. The van der Waals surface area contributed by atoms with Crippen LogP contribution in [0.3, 0.4) is 0 Å². The standard InChI is InChI=1S/C13H11N5O2S/c19-18(20)9-1-2-11-10(7-9)13(17-8-16-11)15-4-3-12-14-5-6-21-12/h1-2,5-8H,3-4H2,(H,15,16,17). The van der Waals surface area contributed by atoms with Gasteiger partial charge in [0.05, 0.1) is 15.4 Å². The van der Waals surface area contributed by atoms with Gasteiger partial charge in [-0.1, -0.05) is 0 Å². The lowest BCUT2D eigenvalue weighted by Gasteiger charge is -2.07. The monoisotopic (exact) mass is 301 g/mol. The summed E-state index contributed by atoms with van der Waals surface area (Å²) in [6.45, 7) is 0.655. The van der Waals surface area contributed by atoms with E-state index in [1.807, 2.05) is 5.38 Å². The predicted molar refractivity (Wildman–Crippen MR) is 80.5 cm³/mol. The Hall–Kier alpha value is -2.61. The van der Waals surface area contributed by atoms with Crippen molar-refractivity contribution in [3.05, 3.63) is 51.2 Å². The fourth-order valence-corrected chi connectivity index (χ4v) is 2.58. The number of aromatic nitrogens is 3. The molecule has 3 rings (SSSR count). The van der Waals surface area contributed by atoms with E-state index in [2.05, 4.69) is 20.3 Å². The summed E-state index contributed by atoms with van der Waals surface area (Å²) in [5.74, 6) is 0.597. The largest absolute Gasteiger partial charge is 0.369 e. The van der Waals surface area contributed by atoms with Crippen molar-refractivity contribution in [2.75, 3.05) is 11.9 Å². The second-order valence-electron chi connectivity index (χ2n) is 4.28. The molecular weight excluding hydrogens is 290 g/mol. The molecule has 3 aromatic rings. The van der Waals surface area contributed by atoms with Crippen LogP contribution < -0.4 is 5.32 Å². The minimum absolute atomic E-state index is 0.0280. The van der Waals surface area contributed by atoms with E-state index >= 15 is 0 Å². The van der Waals surface area contributed by atoms with Gasteiger partial charge in [-0.05, 0) is 6.07 Å². The Morgan fingerprint density at radius 2 is 2.19 bits per heavy atom. The molecule has 0 saturated heterocycles. The molecule has 1 aromatic carbocycles. The molecule has 0 bridgehead atoms. The van der Waals surface area contributed by atoms with Gasteiger partial charge in [0, 0.05) is 42.1 Å². The average molecular weight is 301 g/mol. The van der Waals surface area contributed by atoms with Crippen molar-refractivity contribution in [3.63, 3.8) is 0 Å². The Kier molecular flexibility index (Phi) is 3.69. The summed E-state index contributed by atoms with van der Waals surface area (Å²) in [5, 5.41) is 17.7. The number of fused-ring (bicyclic) bond motifs is 1. The van der Waals surface area contributed by atoms with Crippen LogP contribution in [0.25, 0.3) is 10.9 Å². The highest BCUT2D eigenvalue weighted by Crippen LogP contribution is 2.24. The zero-order valence-electron chi connectivity index (χ0n) is 10.9. The SMILES string of the molecule is O=[N+]([O-])c1ccc2ncnc(NCCc3nccs3)c2c1. The Morgan fingerprint density at radius 3 is 2.95 bits per heavy atom. The summed E-state index contributed by atoms with van der Waals surface area (Å²) in [4.78, 5) is 22.9. The first-order chi connectivity index (χ1) is 10.2. The van der Waals surface area contributed by atoms with Gasteiger partial charge in [-0.2, -0.15) is 0 Å². The third kappa shape index (κ3) is 2.95. The maximum absolute atomic E-state index is 10.9. The minimum atomic E-state index is -0.425. The van der Waals surface area contributed by atoms with E-state index in [-0.39, 0.29) is 5.69 Å². The van der Waals surface area contributed by atoms with Gasteiger partial charge in [-0.25, -0.2) is 15.0 Å². The smallest absolute Gasteiger partial charge is 0.270 e. The van der Waals surface area contributed by atoms with Crippen molar-refractivity contribution in [1.82, 2.24) is 15.0 Å². The lowest BCUT2D eigenvalue weighted by Crippen LogP contribution is -2.07. The summed E-state index contributed by atoms with van der Waals surface area (Å²) in [7, 11) is 0. The fourth-order valence-electron chi connectivity index (χ4n) is 1.96. The van der Waals surface area contributed by atoms with Crippen molar-refractivity contribution in [3.8, 4) is 0 Å². The zero-order chi connectivity index (χ0) is 14.7. The van der Waals surface area contributed by atoms with Crippen molar-refractivity contribution in [2.45, 2.75) is 6.42 Å². The number of thiazole rings is 1. The molecule has 0 saturated carbocycles. The topological polar surface area (TPSA) is 93.8 Å². The highest BCUT2D eigenvalue weighted by atomic mass is 32.1. The number of nitrogens with zero attached hydrogens (tertiary/aromatic N) is 4. The molecule has 1 N–H and O–H groups in total. The van der Waals surface area contributed by atoms with Crippen molar-refractivity contribution < 1.29 is 4.92 Å². The number of nitro groups is 1. The number of hydrogen-bond donors (Lipinski definition) is 1. The van der Waals surface area contributed by atoms with Crippen LogP contribution in [0, 0.1) is 10.1 Å². The Bertz CT molecular complexity index is 775. The van der Waals surface area contributed by atoms with Gasteiger partial charge in [-0.3, -0.25) is 10.1 Å². The molecule has 2 aromatic heterocycles. The molecule has 106 valence electrons. The van der Waals surface area contributed by atoms with E-state index in [0.717, 1.165) is 11.4 Å². The van der Waals surface area contributed by atoms with Gasteiger partial charge < -0.3 is 5.32 Å². The van der Waals surface area contributed by atoms with Gasteiger partial charge in [-0.15, -0.1) is 11.3 Å². The van der Waals surface area contributed by atoms with E-state index in [0.29, 0.717) is 23.3 Å². The maximum atomic E-state index is 10.9. The lowest BCUT2D eigenvalue weighted by atomic mass is 10.2. The molecule has 0 aliphatic rings. The number of benzene rings is 1. The van der Waals surface area contributed by atoms with E-state index in [9.17, 15) is 10.1 Å². The summed E-state index contributed by atoms with van der Waals surface area (Å²) < 4.78 is 0. The van der Waals surface area contributed by atoms with Crippen LogP contribution >= 0.6 is 11.3 Å². The second-order valence-corrected chi connectivity index (χ2v) is 5.26. The van der Waals surface area contributed by atoms with Crippen LogP contribution in [0.15, 0.2) is 36.1 Å². The van der Waals surface area contributed by atoms with Gasteiger partial charge in [0.1, 0.15) is 12.1 Å². The molecular formula is C13H11N5O2S. The van der Waals surface area contributed by atoms with Gasteiger partial charge in [0.25, 0.3) is 5.69 Å². The van der Waals surface area contributed by atoms with Gasteiger partial charge >= 0.3 is 0 Å². The normalized spacial score (nSPS) is 10.7. The third-order valence-electron chi connectivity index (χ3n) is 2.94. The average Bonchev–Trinajstić information content (AvgIpc) is 3.00. The Labute approximate surface area is 123 Å². The van der Waals surface area contributed by atoms with Crippen molar-refractivity contribution in [1.29, 1.82) is 0 Å². The number of non-ortho nitro benzene ring substituents is 1. The highest BCUT2D eigenvalue weighted by Gasteiger charge is 2.10. The van der Waals surface area contributed by atoms with Crippen LogP contribution in [0.2, 0.25) is 0 Å². The first kappa shape index (κ1) is 13.4. The number of rotatable bonds is 5. The van der Waals surface area contributed by atoms with E-state index in [4.69, 9.17) is 0 Å². The second kappa shape index (κ2) is 5.80. The predicted octanol–water partition coefficient (Wildman–Crippen LogP) is 2.65. The molecule has 7 nitrogen and oxygen atoms in total. The zero-order valence-corrected chi connectivity index (χ0v) is 11.7. The third-order valence-corrected chi connectivity index (χ3v) is 3.78. The van der Waals surface area contributed by atoms with Crippen LogP contribution in [-0.2, 0) is 6.42 Å². The molecule has 0 amide bonds. The summed E-state index contributed by atoms with van der Waals surface area (Å²) in [6.07, 6.45) is 3.99. The van der Waals surface area contributed by atoms with Crippen LogP contribution in [0.5, 0.6) is 0 Å². The first-order valence-electron chi connectivity index (χ1n) is 6.25. The van der Waals surface area contributed by atoms with Crippen LogP contribution in [0.4, 0.5) is 11.5 Å². The van der Waals surface area contributed by atoms with Crippen molar-refractivity contribution in [2.24, 2.45) is 0 Å². The lowest BCUT2D eigenvalue weighted by molar-refractivity contribution is -0.384. The summed E-state index contributed by atoms with van der Waals surface area (Å²) in [5.41, 5.74) is 0.702. The van der Waals surface area contributed by atoms with Gasteiger partial charge in [0.2, 0.25) is 0 Å². The van der Waals surface area contributed by atoms with E-state index < -0.39 is 4.92 Å². The summed E-state index contributed by atoms with van der Waals surface area (Å²) >= 11 is 1.59. The molecule has 8 heteroatoms. The Morgan fingerprint density at radius 1 is 1.29 bits per heavy atom. The van der Waals surface area contributed by atoms with Gasteiger partial charge in [0.15, 0.2) is 0 Å². The highest BCUT2D eigenvalue weighted by molar-refractivity contribution is 7.09. The fraction of sp³-hybridized carbons (Fsp3) is 0.154. The maximum Gasteiger partial charge on any atom is 0.270 e. The molecule has 21 heavy (non-hydrogen) atoms. The molecule has 0 radical (unpaired) electrons. The van der Waals surface area contributed by atoms with Crippen LogP contribution in [-0.4, -0.2) is 26.4 Å². The first-order valence-corrected chi connectivity index (χ1v) is 7.13. The van der Waals surface area contributed by atoms with Crippen LogP contribution in [0.1, 0.15) is 5.01 Å². The van der Waals surface area contributed by atoms with E-state index in [1.54, 1.807) is 23.6 Å². The number of anilines is 1. The number of nitrogens with one attached hydrogen (secondary N) is 1. The quantitative estimate of drug-likeness (QED) is 0.575. The molecule has 0 atom stereocenters. The Balaban J connectivity index is 1.83.